The molecule has 0 radical (unpaired) electrons. The summed E-state index contributed by atoms with van der Waals surface area (Å²) in [6, 6.07) is 3.73. The lowest BCUT2D eigenvalue weighted by molar-refractivity contribution is 0.230. The van der Waals surface area contributed by atoms with Crippen molar-refractivity contribution in [3.05, 3.63) is 23.3 Å². The van der Waals surface area contributed by atoms with Crippen molar-refractivity contribution in [1.82, 2.24) is 4.90 Å². The first-order chi connectivity index (χ1) is 7.99. The van der Waals surface area contributed by atoms with Gasteiger partial charge in [-0.1, -0.05) is 0 Å². The lowest BCUT2D eigenvalue weighted by Crippen LogP contribution is -2.20. The second kappa shape index (κ2) is 5.77. The van der Waals surface area contributed by atoms with E-state index in [2.05, 4.69) is 0 Å². The van der Waals surface area contributed by atoms with Crippen LogP contribution < -0.4 is 9.47 Å². The first-order valence-electron chi connectivity index (χ1n) is 5.11. The lowest BCUT2D eigenvalue weighted by Gasteiger charge is -2.17. The van der Waals surface area contributed by atoms with Crippen LogP contribution in [0.3, 0.4) is 0 Å². The fourth-order valence-corrected chi connectivity index (χ4v) is 1.57. The van der Waals surface area contributed by atoms with Gasteiger partial charge in [-0.2, -0.15) is 0 Å². The second-order valence-corrected chi connectivity index (χ2v) is 4.07. The molecule has 0 saturated carbocycles. The Morgan fingerprint density at radius 3 is 2.29 bits per heavy atom. The van der Waals surface area contributed by atoms with E-state index in [0.29, 0.717) is 18.0 Å². The van der Waals surface area contributed by atoms with Crippen LogP contribution in [0.5, 0.6) is 11.5 Å². The zero-order valence-electron chi connectivity index (χ0n) is 10.4. The highest BCUT2D eigenvalue weighted by molar-refractivity contribution is 6.62. The van der Waals surface area contributed by atoms with Crippen molar-refractivity contribution in [2.75, 3.05) is 21.3 Å². The van der Waals surface area contributed by atoms with E-state index in [0.717, 1.165) is 11.1 Å². The van der Waals surface area contributed by atoms with Gasteiger partial charge in [-0.15, -0.1) is 0 Å². The standard InChI is InChI=1S/C12H16ClNO3/c1-8-5-10(16-3)11(17-4)6-9(8)7-14(2)12(13)15/h5-6H,7H2,1-4H3. The fraction of sp³-hybridized carbons (Fsp3) is 0.417. The van der Waals surface area contributed by atoms with Gasteiger partial charge in [0.15, 0.2) is 11.5 Å². The van der Waals surface area contributed by atoms with Crippen LogP contribution in [0.1, 0.15) is 11.1 Å². The van der Waals surface area contributed by atoms with Gasteiger partial charge < -0.3 is 14.4 Å². The number of carbonyl (C=O) groups excluding carboxylic acids is 1. The fourth-order valence-electron chi connectivity index (χ4n) is 1.51. The lowest BCUT2D eigenvalue weighted by atomic mass is 10.1. The number of aryl methyl sites for hydroxylation is 1. The van der Waals surface area contributed by atoms with Gasteiger partial charge in [0.2, 0.25) is 0 Å². The highest BCUT2D eigenvalue weighted by atomic mass is 35.5. The van der Waals surface area contributed by atoms with Crippen LogP contribution in [-0.2, 0) is 6.54 Å². The van der Waals surface area contributed by atoms with E-state index in [9.17, 15) is 4.79 Å². The molecule has 0 aromatic heterocycles. The van der Waals surface area contributed by atoms with Gasteiger partial charge >= 0.3 is 5.37 Å². The first kappa shape index (κ1) is 13.6. The number of rotatable bonds is 4. The number of nitrogens with zero attached hydrogens (tertiary/aromatic N) is 1. The highest BCUT2D eigenvalue weighted by Crippen LogP contribution is 2.30. The monoisotopic (exact) mass is 257 g/mol. The molecule has 0 fully saturated rings. The molecule has 0 heterocycles. The van der Waals surface area contributed by atoms with Gasteiger partial charge in [-0.25, -0.2) is 0 Å². The van der Waals surface area contributed by atoms with Crippen molar-refractivity contribution in [2.24, 2.45) is 0 Å². The summed E-state index contributed by atoms with van der Waals surface area (Å²) >= 11 is 5.39. The molecular formula is C12H16ClNO3. The highest BCUT2D eigenvalue weighted by Gasteiger charge is 2.12. The number of amides is 1. The number of carbonyl (C=O) groups is 1. The van der Waals surface area contributed by atoms with E-state index in [-0.39, 0.29) is 0 Å². The van der Waals surface area contributed by atoms with Gasteiger partial charge in [0.25, 0.3) is 0 Å². The molecule has 1 amide bonds. The SMILES string of the molecule is COc1cc(C)c(CN(C)C(=O)Cl)cc1OC. The van der Waals surface area contributed by atoms with Gasteiger partial charge in [0, 0.05) is 13.6 Å². The molecular weight excluding hydrogens is 242 g/mol. The van der Waals surface area contributed by atoms with Crippen molar-refractivity contribution in [1.29, 1.82) is 0 Å². The number of hydrogen-bond donors (Lipinski definition) is 0. The molecule has 17 heavy (non-hydrogen) atoms. The Labute approximate surface area is 106 Å². The Balaban J connectivity index is 3.04. The molecule has 1 aromatic carbocycles. The largest absolute Gasteiger partial charge is 0.493 e. The maximum atomic E-state index is 11.0. The minimum absolute atomic E-state index is 0.439. The molecule has 0 saturated heterocycles. The number of hydrogen-bond acceptors (Lipinski definition) is 3. The van der Waals surface area contributed by atoms with E-state index in [1.807, 2.05) is 19.1 Å². The average Bonchev–Trinajstić information content (AvgIpc) is 2.30. The molecule has 0 aliphatic rings. The van der Waals surface area contributed by atoms with Crippen molar-refractivity contribution < 1.29 is 14.3 Å². The predicted octanol–water partition coefficient (Wildman–Crippen LogP) is 2.80. The summed E-state index contributed by atoms with van der Waals surface area (Å²) < 4.78 is 10.4. The van der Waals surface area contributed by atoms with Gasteiger partial charge in [-0.05, 0) is 41.8 Å². The van der Waals surface area contributed by atoms with Crippen LogP contribution in [0, 0.1) is 6.92 Å². The minimum Gasteiger partial charge on any atom is -0.493 e. The van der Waals surface area contributed by atoms with Crippen LogP contribution in [-0.4, -0.2) is 31.5 Å². The summed E-state index contributed by atoms with van der Waals surface area (Å²) in [5.41, 5.74) is 1.99. The van der Waals surface area contributed by atoms with E-state index in [1.54, 1.807) is 21.3 Å². The van der Waals surface area contributed by atoms with Crippen LogP contribution in [0.2, 0.25) is 0 Å². The smallest absolute Gasteiger partial charge is 0.316 e. The molecule has 1 aromatic rings. The van der Waals surface area contributed by atoms with Gasteiger partial charge in [0.1, 0.15) is 0 Å². The quantitative estimate of drug-likeness (QED) is 0.615. The molecule has 0 spiro atoms. The van der Waals surface area contributed by atoms with Gasteiger partial charge in [0.05, 0.1) is 14.2 Å². The Bertz CT molecular complexity index is 420. The third-order valence-corrected chi connectivity index (χ3v) is 2.84. The zero-order chi connectivity index (χ0) is 13.0. The molecule has 0 aliphatic carbocycles. The van der Waals surface area contributed by atoms with E-state index in [1.165, 1.54) is 4.90 Å². The van der Waals surface area contributed by atoms with Crippen LogP contribution >= 0.6 is 11.6 Å². The van der Waals surface area contributed by atoms with E-state index < -0.39 is 5.37 Å². The number of methoxy groups -OCH3 is 2. The topological polar surface area (TPSA) is 38.8 Å². The Morgan fingerprint density at radius 1 is 1.29 bits per heavy atom. The summed E-state index contributed by atoms with van der Waals surface area (Å²) in [7, 11) is 4.81. The Morgan fingerprint density at radius 2 is 1.82 bits per heavy atom. The van der Waals surface area contributed by atoms with E-state index in [4.69, 9.17) is 21.1 Å². The Hall–Kier alpha value is -1.42. The summed E-state index contributed by atoms with van der Waals surface area (Å²) in [5, 5.41) is -0.487. The van der Waals surface area contributed by atoms with Gasteiger partial charge in [-0.3, -0.25) is 4.79 Å². The van der Waals surface area contributed by atoms with Crippen molar-refractivity contribution in [3.63, 3.8) is 0 Å². The zero-order valence-corrected chi connectivity index (χ0v) is 11.2. The molecule has 0 bridgehead atoms. The normalized spacial score (nSPS) is 9.94. The number of ether oxygens (including phenoxy) is 2. The Kier molecular flexibility index (Phi) is 4.63. The molecule has 0 aliphatic heterocycles. The third kappa shape index (κ3) is 3.27. The molecule has 94 valence electrons. The van der Waals surface area contributed by atoms with Crippen molar-refractivity contribution >= 4 is 17.0 Å². The molecule has 0 N–H and O–H groups in total. The van der Waals surface area contributed by atoms with Crippen LogP contribution in [0.25, 0.3) is 0 Å². The first-order valence-corrected chi connectivity index (χ1v) is 5.49. The molecule has 0 unspecified atom stereocenters. The van der Waals surface area contributed by atoms with Crippen LogP contribution in [0.4, 0.5) is 4.79 Å². The second-order valence-electron chi connectivity index (χ2n) is 3.74. The van der Waals surface area contributed by atoms with Crippen molar-refractivity contribution in [3.8, 4) is 11.5 Å². The predicted molar refractivity (Wildman–Crippen MR) is 67.0 cm³/mol. The van der Waals surface area contributed by atoms with E-state index >= 15 is 0 Å². The molecule has 5 heteroatoms. The average molecular weight is 258 g/mol. The maximum absolute atomic E-state index is 11.0. The molecule has 1 rings (SSSR count). The molecule has 4 nitrogen and oxygen atoms in total. The maximum Gasteiger partial charge on any atom is 0.316 e. The summed E-state index contributed by atoms with van der Waals surface area (Å²) in [6.07, 6.45) is 0. The summed E-state index contributed by atoms with van der Waals surface area (Å²) in [5.74, 6) is 1.32. The summed E-state index contributed by atoms with van der Waals surface area (Å²) in [6.45, 7) is 2.39. The third-order valence-electron chi connectivity index (χ3n) is 2.55. The minimum atomic E-state index is -0.487. The van der Waals surface area contributed by atoms with Crippen LogP contribution in [0.15, 0.2) is 12.1 Å². The molecule has 0 atom stereocenters. The number of benzene rings is 1. The van der Waals surface area contributed by atoms with Crippen molar-refractivity contribution in [2.45, 2.75) is 13.5 Å². The summed E-state index contributed by atoms with van der Waals surface area (Å²) in [4.78, 5) is 12.4. The number of halogens is 1.